The van der Waals surface area contributed by atoms with E-state index in [-0.39, 0.29) is 0 Å². The number of benzene rings is 4. The first-order valence-corrected chi connectivity index (χ1v) is 13.2. The number of hydrogen-bond acceptors (Lipinski definition) is 7. The summed E-state index contributed by atoms with van der Waals surface area (Å²) >= 11 is 0. The van der Waals surface area contributed by atoms with E-state index in [0.29, 0.717) is 53.3 Å². The van der Waals surface area contributed by atoms with Crippen LogP contribution in [0.2, 0.25) is 0 Å². The van der Waals surface area contributed by atoms with Crippen LogP contribution in [0.1, 0.15) is 39.8 Å². The van der Waals surface area contributed by atoms with Crippen LogP contribution in [0.4, 0.5) is 0 Å². The molecule has 0 amide bonds. The van der Waals surface area contributed by atoms with Gasteiger partial charge in [-0.05, 0) is 72.9 Å². The van der Waals surface area contributed by atoms with E-state index < -0.39 is 6.29 Å². The van der Waals surface area contributed by atoms with Gasteiger partial charge in [-0.3, -0.25) is 4.79 Å². The summed E-state index contributed by atoms with van der Waals surface area (Å²) in [5.41, 5.74) is 3.59. The predicted octanol–water partition coefficient (Wildman–Crippen LogP) is 7.32. The lowest BCUT2D eigenvalue weighted by Gasteiger charge is -2.24. The lowest BCUT2D eigenvalue weighted by atomic mass is 10.0. The average molecular weight is 541 g/mol. The second kappa shape index (κ2) is 13.2. The molecule has 4 aromatic carbocycles. The molecular formula is C33H32O7. The Morgan fingerprint density at radius 2 is 1.52 bits per heavy atom. The van der Waals surface area contributed by atoms with Crippen LogP contribution in [0, 0.1) is 0 Å². The molecule has 0 saturated carbocycles. The molecule has 0 radical (unpaired) electrons. The van der Waals surface area contributed by atoms with Gasteiger partial charge in [-0.2, -0.15) is 0 Å². The van der Waals surface area contributed by atoms with E-state index in [1.807, 2.05) is 66.7 Å². The molecule has 0 spiro atoms. The Morgan fingerprint density at radius 1 is 0.750 bits per heavy atom. The molecule has 40 heavy (non-hydrogen) atoms. The number of methoxy groups -OCH3 is 2. The van der Waals surface area contributed by atoms with Gasteiger partial charge in [0.05, 0.1) is 27.4 Å². The second-order valence-corrected chi connectivity index (χ2v) is 9.32. The van der Waals surface area contributed by atoms with Gasteiger partial charge in [-0.25, -0.2) is 0 Å². The summed E-state index contributed by atoms with van der Waals surface area (Å²) in [5.74, 6) is 3.79. The highest BCUT2D eigenvalue weighted by Gasteiger charge is 2.19. The van der Waals surface area contributed by atoms with Crippen LogP contribution in [0.3, 0.4) is 0 Å². The number of aryl methyl sites for hydroxylation is 2. The standard InChI is InChI=1S/C33H32O7/c1-35-29-17-14-26(33-37-18-5-19-38-33)21-31(29)39-27-15-11-23(12-16-27)10-13-25-7-4-9-30(36-2)32(25)40-28-8-3-6-24(20-28)22-34/h3-4,6-9,11-12,14-17,20-22,33H,5,10,13,18-19H2,1-2H3. The molecule has 5 rings (SSSR count). The van der Waals surface area contributed by atoms with E-state index in [9.17, 15) is 4.79 Å². The summed E-state index contributed by atoms with van der Waals surface area (Å²) in [4.78, 5) is 11.2. The zero-order valence-corrected chi connectivity index (χ0v) is 22.6. The molecule has 0 bridgehead atoms. The zero-order chi connectivity index (χ0) is 27.7. The normalized spacial score (nSPS) is 13.4. The first-order valence-electron chi connectivity index (χ1n) is 13.2. The third kappa shape index (κ3) is 6.62. The lowest BCUT2D eigenvalue weighted by molar-refractivity contribution is -0.183. The van der Waals surface area contributed by atoms with Crippen molar-refractivity contribution in [2.45, 2.75) is 25.6 Å². The van der Waals surface area contributed by atoms with Crippen molar-refractivity contribution in [3.05, 3.63) is 107 Å². The minimum absolute atomic E-state index is 0.399. The summed E-state index contributed by atoms with van der Waals surface area (Å²) in [6, 6.07) is 26.6. The Balaban J connectivity index is 1.28. The van der Waals surface area contributed by atoms with Gasteiger partial charge < -0.3 is 28.4 Å². The van der Waals surface area contributed by atoms with Gasteiger partial charge in [-0.15, -0.1) is 0 Å². The molecule has 1 aliphatic heterocycles. The van der Waals surface area contributed by atoms with E-state index >= 15 is 0 Å². The molecule has 1 heterocycles. The van der Waals surface area contributed by atoms with Crippen LogP contribution < -0.4 is 18.9 Å². The monoisotopic (exact) mass is 540 g/mol. The molecular weight excluding hydrogens is 508 g/mol. The Hall–Kier alpha value is -4.33. The molecule has 1 fully saturated rings. The fourth-order valence-corrected chi connectivity index (χ4v) is 4.53. The van der Waals surface area contributed by atoms with Gasteiger partial charge in [0.1, 0.15) is 17.8 Å². The Bertz CT molecular complexity index is 1430. The first kappa shape index (κ1) is 27.2. The number of carbonyl (C=O) groups excluding carboxylic acids is 1. The maximum absolute atomic E-state index is 11.2. The first-order chi connectivity index (χ1) is 19.7. The van der Waals surface area contributed by atoms with Gasteiger partial charge >= 0.3 is 0 Å². The van der Waals surface area contributed by atoms with Crippen molar-refractivity contribution in [1.82, 2.24) is 0 Å². The number of aldehydes is 1. The predicted molar refractivity (Wildman–Crippen MR) is 151 cm³/mol. The van der Waals surface area contributed by atoms with Gasteiger partial charge in [0.2, 0.25) is 0 Å². The van der Waals surface area contributed by atoms with E-state index in [1.165, 1.54) is 0 Å². The van der Waals surface area contributed by atoms with E-state index in [4.69, 9.17) is 28.4 Å². The number of rotatable bonds is 11. The smallest absolute Gasteiger partial charge is 0.183 e. The number of ether oxygens (including phenoxy) is 6. The molecule has 1 aliphatic rings. The molecule has 4 aromatic rings. The van der Waals surface area contributed by atoms with Crippen molar-refractivity contribution >= 4 is 6.29 Å². The molecule has 7 heteroatoms. The van der Waals surface area contributed by atoms with Gasteiger partial charge in [-0.1, -0.05) is 42.5 Å². The maximum atomic E-state index is 11.2. The fraction of sp³-hybridized carbons (Fsp3) is 0.242. The largest absolute Gasteiger partial charge is 0.493 e. The van der Waals surface area contributed by atoms with Crippen LogP contribution in [0.5, 0.6) is 34.5 Å². The Kier molecular flexibility index (Phi) is 8.96. The fourth-order valence-electron chi connectivity index (χ4n) is 4.53. The Labute approximate surface area is 234 Å². The summed E-state index contributed by atoms with van der Waals surface area (Å²) in [6.07, 6.45) is 2.81. The minimum atomic E-state index is -0.399. The Morgan fingerprint density at radius 3 is 2.27 bits per heavy atom. The average Bonchev–Trinajstić information content (AvgIpc) is 3.01. The van der Waals surface area contributed by atoms with Gasteiger partial charge in [0.25, 0.3) is 0 Å². The van der Waals surface area contributed by atoms with Crippen molar-refractivity contribution < 1.29 is 33.2 Å². The zero-order valence-electron chi connectivity index (χ0n) is 22.6. The minimum Gasteiger partial charge on any atom is -0.493 e. The number of hydrogen-bond donors (Lipinski definition) is 0. The van der Waals surface area contributed by atoms with Crippen LogP contribution in [0.15, 0.2) is 84.9 Å². The third-order valence-electron chi connectivity index (χ3n) is 6.62. The third-order valence-corrected chi connectivity index (χ3v) is 6.62. The van der Waals surface area contributed by atoms with E-state index in [1.54, 1.807) is 32.4 Å². The molecule has 1 saturated heterocycles. The second-order valence-electron chi connectivity index (χ2n) is 9.32. The summed E-state index contributed by atoms with van der Waals surface area (Å²) in [6.45, 7) is 1.34. The van der Waals surface area contributed by atoms with Crippen molar-refractivity contribution in [1.29, 1.82) is 0 Å². The van der Waals surface area contributed by atoms with Crippen LogP contribution in [-0.2, 0) is 22.3 Å². The summed E-state index contributed by atoms with van der Waals surface area (Å²) in [5, 5.41) is 0. The molecule has 0 unspecified atom stereocenters. The van der Waals surface area contributed by atoms with Gasteiger partial charge in [0.15, 0.2) is 29.3 Å². The van der Waals surface area contributed by atoms with Crippen LogP contribution in [0.25, 0.3) is 0 Å². The highest BCUT2D eigenvalue weighted by Crippen LogP contribution is 2.37. The lowest BCUT2D eigenvalue weighted by Crippen LogP contribution is -2.17. The molecule has 0 N–H and O–H groups in total. The van der Waals surface area contributed by atoms with Crippen molar-refractivity contribution in [3.63, 3.8) is 0 Å². The maximum Gasteiger partial charge on any atom is 0.183 e. The molecule has 7 nitrogen and oxygen atoms in total. The molecule has 0 aliphatic carbocycles. The van der Waals surface area contributed by atoms with Crippen molar-refractivity contribution in [2.24, 2.45) is 0 Å². The van der Waals surface area contributed by atoms with Gasteiger partial charge in [0, 0.05) is 11.1 Å². The molecule has 0 atom stereocenters. The van der Waals surface area contributed by atoms with E-state index in [2.05, 4.69) is 0 Å². The number of carbonyl (C=O) groups is 1. The van der Waals surface area contributed by atoms with Crippen molar-refractivity contribution in [3.8, 4) is 34.5 Å². The quantitative estimate of drug-likeness (QED) is 0.185. The SMILES string of the molecule is COc1ccc(C2OCCCO2)cc1Oc1ccc(CCc2cccc(OC)c2Oc2cccc(C=O)c2)cc1. The van der Waals surface area contributed by atoms with E-state index in [0.717, 1.165) is 42.2 Å². The van der Waals surface area contributed by atoms with Crippen LogP contribution >= 0.6 is 0 Å². The van der Waals surface area contributed by atoms with Crippen LogP contribution in [-0.4, -0.2) is 33.7 Å². The molecule has 206 valence electrons. The van der Waals surface area contributed by atoms with Crippen molar-refractivity contribution in [2.75, 3.05) is 27.4 Å². The number of para-hydroxylation sites is 1. The summed E-state index contributed by atoms with van der Waals surface area (Å²) in [7, 11) is 3.24. The summed E-state index contributed by atoms with van der Waals surface area (Å²) < 4.78 is 34.9. The molecule has 0 aromatic heterocycles. The topological polar surface area (TPSA) is 72.5 Å². The highest BCUT2D eigenvalue weighted by atomic mass is 16.7. The highest BCUT2D eigenvalue weighted by molar-refractivity contribution is 5.75.